The number of alkyl carbamates (subject to hydrolysis) is 2. The van der Waals surface area contributed by atoms with E-state index in [-0.39, 0.29) is 75.7 Å². The second-order valence-electron chi connectivity index (χ2n) is 20.1. The van der Waals surface area contributed by atoms with Crippen LogP contribution < -0.4 is 39.1 Å². The maximum atomic E-state index is 12.9. The minimum Gasteiger partial charge on any atom is -0.872 e. The molecule has 2 N–H and O–H groups in total. The van der Waals surface area contributed by atoms with Crippen LogP contribution in [0.3, 0.4) is 0 Å². The summed E-state index contributed by atoms with van der Waals surface area (Å²) in [5.74, 6) is -3.19. The number of nitrogens with one attached hydrogen (secondary N) is 2. The van der Waals surface area contributed by atoms with Crippen LogP contribution in [0.4, 0.5) is 9.59 Å². The molecule has 3 unspecified atom stereocenters. The summed E-state index contributed by atoms with van der Waals surface area (Å²) < 4.78 is 53.8. The number of fused-ring (bicyclic) bond motifs is 6. The van der Waals surface area contributed by atoms with Crippen LogP contribution in [-0.2, 0) is 50.5 Å². The number of ether oxygens (including phenoxy) is 4. The average molecular weight is 1330 g/mol. The molecule has 0 spiro atoms. The first-order valence-corrected chi connectivity index (χ1v) is 35.0. The zero-order valence-electron chi connectivity index (χ0n) is 49.2. The standard InChI is InChI=1S/C32H35Cl2N2O6P.C27H25NO5.C5H11Cl3NOP.Li/c1-3-20-40-31(37)30(21-23-14-16-24(17-15-23)42-43(34,39)36(2)19-9-8-18-33)35-32(38)41-22-29-27-12-6-4-10-25(27)26-11-5-7-13-28(26)29;1-2-15-32-26(30)25(16-18-11-13-19(29)14-12-18)28-27(31)33-17-24-22-9-5-3-7-20(22)21-8-4-6-10-23(21)24;1-9(11(7,8)10)5-3-2-4-6;/h3-7,10-17,29-30H,1,8-9,18-22H2,2H3,(H,35,38);2-14,24-25,29H,1,15-17H2,(H,28,31);2-5H2,1H3;/q;;;+1/p-1. The quantitative estimate of drug-likeness (QED) is 0.00893. The van der Waals surface area contributed by atoms with Gasteiger partial charge < -0.3 is 39.2 Å². The van der Waals surface area contributed by atoms with Crippen molar-refractivity contribution in [2.75, 3.05) is 65.4 Å². The maximum absolute atomic E-state index is 12.9. The van der Waals surface area contributed by atoms with E-state index < -0.39 is 49.1 Å². The third kappa shape index (κ3) is 22.1. The first-order valence-electron chi connectivity index (χ1n) is 27.9. The molecule has 16 nitrogen and oxygen atoms in total. The number of halogens is 5. The second-order valence-corrected chi connectivity index (χ2v) is 28.7. The SMILES string of the molecule is C=CCOC(=O)C(Cc1ccc(OP(=O)(Cl)N(C)CCCCCl)cc1)NC(=O)OCC1c2ccccc2-c2ccccc21.C=CCOC(=O)C(Cc1ccc([O-])cc1)NC(=O)OCC1c2ccccc2-c2ccccc21.CN(CCCCCl)P(=O)(Cl)Cl.[Li+]. The van der Waals surface area contributed by atoms with Gasteiger partial charge in [0.1, 0.15) is 44.3 Å². The van der Waals surface area contributed by atoms with Crippen molar-refractivity contribution in [2.45, 2.75) is 62.4 Å². The van der Waals surface area contributed by atoms with Gasteiger partial charge >= 0.3 is 55.9 Å². The molecule has 0 saturated heterocycles. The molecule has 0 aliphatic heterocycles. The van der Waals surface area contributed by atoms with Gasteiger partial charge in [-0.3, -0.25) is 4.57 Å². The molecule has 24 heteroatoms. The van der Waals surface area contributed by atoms with Gasteiger partial charge in [-0.1, -0.05) is 159 Å². The molecule has 0 fully saturated rings. The summed E-state index contributed by atoms with van der Waals surface area (Å²) in [6, 6.07) is 42.9. The van der Waals surface area contributed by atoms with E-state index in [0.29, 0.717) is 41.7 Å². The van der Waals surface area contributed by atoms with Crippen LogP contribution in [0.25, 0.3) is 22.3 Å². The van der Waals surface area contributed by atoms with Crippen molar-refractivity contribution in [3.8, 4) is 33.8 Å². The smallest absolute Gasteiger partial charge is 0.872 e. The maximum Gasteiger partial charge on any atom is 1.00 e. The Hall–Kier alpha value is -5.69. The fraction of sp³-hybridized carbons (Fsp3) is 0.312. The molecule has 0 aromatic heterocycles. The summed E-state index contributed by atoms with van der Waals surface area (Å²) in [7, 11) is 3.26. The third-order valence-corrected chi connectivity index (χ3v) is 19.5. The second kappa shape index (κ2) is 36.8. The van der Waals surface area contributed by atoms with Crippen LogP contribution in [0.2, 0.25) is 0 Å². The fourth-order valence-corrected chi connectivity index (χ4v) is 12.1. The minimum absolute atomic E-state index is 0. The normalized spacial score (nSPS) is 13.3. The first-order chi connectivity index (χ1) is 41.8. The average Bonchev–Trinajstić information content (AvgIpc) is 1.72. The molecular formula is C64H70Cl5LiN4O12P2. The van der Waals surface area contributed by atoms with Crippen molar-refractivity contribution >= 4 is 93.9 Å². The van der Waals surface area contributed by atoms with Crippen LogP contribution >= 0.6 is 69.8 Å². The summed E-state index contributed by atoms with van der Waals surface area (Å²) >= 11 is 28.1. The van der Waals surface area contributed by atoms with Crippen LogP contribution in [-0.4, -0.2) is 111 Å². The van der Waals surface area contributed by atoms with E-state index in [4.69, 9.17) is 80.4 Å². The summed E-state index contributed by atoms with van der Waals surface area (Å²) in [6.07, 6.45) is 5.01. The van der Waals surface area contributed by atoms with E-state index in [0.717, 1.165) is 70.2 Å². The number of alkyl halides is 2. The van der Waals surface area contributed by atoms with Gasteiger partial charge in [-0.25, -0.2) is 33.1 Å². The molecule has 0 radical (unpaired) electrons. The van der Waals surface area contributed by atoms with Crippen LogP contribution in [0.1, 0.15) is 70.9 Å². The van der Waals surface area contributed by atoms with Gasteiger partial charge in [0, 0.05) is 60.8 Å². The van der Waals surface area contributed by atoms with Gasteiger partial charge in [0.2, 0.25) is 0 Å². The number of benzene rings is 6. The summed E-state index contributed by atoms with van der Waals surface area (Å²) in [6.45, 7) is 4.89. The Morgan fingerprint density at radius 1 is 0.545 bits per heavy atom. The largest absolute Gasteiger partial charge is 1.00 e. The minimum atomic E-state index is -3.59. The zero-order chi connectivity index (χ0) is 62.9. The van der Waals surface area contributed by atoms with E-state index in [2.05, 4.69) is 48.1 Å². The zero-order valence-corrected chi connectivity index (χ0v) is 54.8. The van der Waals surface area contributed by atoms with Gasteiger partial charge in [-0.2, -0.15) is 0 Å². The van der Waals surface area contributed by atoms with E-state index in [1.54, 1.807) is 50.5 Å². The van der Waals surface area contributed by atoms with Crippen LogP contribution in [0.5, 0.6) is 11.5 Å². The topological polar surface area (TPSA) is 202 Å². The Morgan fingerprint density at radius 2 is 0.898 bits per heavy atom. The number of amides is 2. The predicted octanol–water partition coefficient (Wildman–Crippen LogP) is 12.0. The Bertz CT molecular complexity index is 3270. The Morgan fingerprint density at radius 3 is 1.25 bits per heavy atom. The monoisotopic (exact) mass is 1330 g/mol. The molecule has 8 rings (SSSR count). The molecule has 6 aromatic carbocycles. The Kier molecular flexibility index (Phi) is 30.6. The number of carbonyl (C=O) groups excluding carboxylic acids is 4. The molecule has 0 heterocycles. The summed E-state index contributed by atoms with van der Waals surface area (Å²) in [5.41, 5.74) is 10.3. The van der Waals surface area contributed by atoms with E-state index in [1.165, 1.54) is 33.6 Å². The molecule has 0 saturated carbocycles. The Balaban J connectivity index is 0.000000277. The number of nitrogens with zero attached hydrogens (tertiary/aromatic N) is 2. The number of hydrogen-bond acceptors (Lipinski definition) is 12. The summed E-state index contributed by atoms with van der Waals surface area (Å²) in [5, 5.41) is 16.6. The van der Waals surface area contributed by atoms with Gasteiger partial charge in [0.05, 0.1) is 0 Å². The van der Waals surface area contributed by atoms with E-state index in [9.17, 15) is 33.4 Å². The van der Waals surface area contributed by atoms with Crippen molar-refractivity contribution < 1.29 is 75.7 Å². The first kappa shape index (κ1) is 73.0. The predicted molar refractivity (Wildman–Crippen MR) is 345 cm³/mol. The molecule has 0 bridgehead atoms. The van der Waals surface area contributed by atoms with Crippen molar-refractivity contribution in [1.82, 2.24) is 20.0 Å². The van der Waals surface area contributed by atoms with Crippen molar-refractivity contribution in [3.05, 3.63) is 204 Å². The van der Waals surface area contributed by atoms with Gasteiger partial charge in [0.25, 0.3) is 0 Å². The van der Waals surface area contributed by atoms with Crippen LogP contribution in [0.15, 0.2) is 171 Å². The van der Waals surface area contributed by atoms with Gasteiger partial charge in [-0.15, -0.1) is 29.0 Å². The number of rotatable bonds is 28. The number of carbonyl (C=O) groups is 4. The van der Waals surface area contributed by atoms with Crippen LogP contribution in [0, 0.1) is 0 Å². The molecule has 88 heavy (non-hydrogen) atoms. The number of hydrogen-bond donors (Lipinski definition) is 2. The van der Waals surface area contributed by atoms with E-state index in [1.807, 2.05) is 72.8 Å². The Labute approximate surface area is 551 Å². The van der Waals surface area contributed by atoms with E-state index >= 15 is 0 Å². The molecule has 6 aromatic rings. The fourth-order valence-electron chi connectivity index (χ4n) is 9.52. The molecule has 464 valence electrons. The third-order valence-electron chi connectivity index (χ3n) is 14.0. The molecule has 3 atom stereocenters. The number of esters is 2. The van der Waals surface area contributed by atoms with Crippen molar-refractivity contribution in [3.63, 3.8) is 0 Å². The van der Waals surface area contributed by atoms with Crippen molar-refractivity contribution in [2.24, 2.45) is 0 Å². The summed E-state index contributed by atoms with van der Waals surface area (Å²) in [4.78, 5) is 50.9. The van der Waals surface area contributed by atoms with Crippen molar-refractivity contribution in [1.29, 1.82) is 0 Å². The molecular weight excluding hydrogens is 1260 g/mol. The van der Waals surface area contributed by atoms with Gasteiger partial charge in [0.15, 0.2) is 0 Å². The van der Waals surface area contributed by atoms with Gasteiger partial charge in [-0.05, 0) is 130 Å². The molecule has 2 amide bonds. The molecule has 2 aliphatic rings. The molecule has 2 aliphatic carbocycles. The number of unbranched alkanes of at least 4 members (excludes halogenated alkanes) is 2.